The van der Waals surface area contributed by atoms with Crippen molar-refractivity contribution in [2.75, 3.05) is 27.3 Å². The van der Waals surface area contributed by atoms with Crippen molar-refractivity contribution in [3.05, 3.63) is 57.6 Å². The van der Waals surface area contributed by atoms with E-state index in [2.05, 4.69) is 10.6 Å². The third kappa shape index (κ3) is 8.24. The minimum Gasteiger partial charge on any atom is -0.496 e. The van der Waals surface area contributed by atoms with Crippen LogP contribution in [0.1, 0.15) is 59.2 Å². The lowest BCUT2D eigenvalue weighted by Gasteiger charge is -2.10. The maximum Gasteiger partial charge on any atom is 0.255 e. The second-order valence-corrected chi connectivity index (χ2v) is 8.20. The molecule has 0 fully saturated rings. The molecule has 0 atom stereocenters. The molecule has 0 radical (unpaired) electrons. The van der Waals surface area contributed by atoms with Gasteiger partial charge < -0.3 is 20.1 Å². The van der Waals surface area contributed by atoms with Gasteiger partial charge in [-0.1, -0.05) is 48.9 Å². The Morgan fingerprint density at radius 1 is 0.688 bits per heavy atom. The van der Waals surface area contributed by atoms with Gasteiger partial charge in [-0.15, -0.1) is 0 Å². The minimum absolute atomic E-state index is 0.184. The highest BCUT2D eigenvalue weighted by atomic mass is 35.5. The topological polar surface area (TPSA) is 76.7 Å². The molecule has 0 unspecified atom stereocenters. The molecule has 2 N–H and O–H groups in total. The third-order valence-electron chi connectivity index (χ3n) is 4.99. The van der Waals surface area contributed by atoms with Crippen molar-refractivity contribution in [2.45, 2.75) is 38.5 Å². The molecule has 0 saturated heterocycles. The summed E-state index contributed by atoms with van der Waals surface area (Å²) in [7, 11) is 3.05. The first-order chi connectivity index (χ1) is 15.5. The maximum atomic E-state index is 12.3. The second-order valence-electron chi connectivity index (χ2n) is 7.32. The summed E-state index contributed by atoms with van der Waals surface area (Å²) in [5.74, 6) is 0.647. The standard InChI is InChI=1S/C24H30Cl2N2O4/c1-31-21-11-9-17(25)15-19(21)23(29)27-13-7-5-3-4-6-8-14-28-24(30)20-16-18(26)10-12-22(20)32-2/h9-12,15-16H,3-8,13-14H2,1-2H3,(H,27,29)(H,28,30). The fourth-order valence-corrected chi connectivity index (χ4v) is 3.61. The van der Waals surface area contributed by atoms with Crippen LogP contribution in [0.2, 0.25) is 10.0 Å². The number of carbonyl (C=O) groups is 2. The lowest BCUT2D eigenvalue weighted by molar-refractivity contribution is 0.0941. The number of unbranched alkanes of at least 4 members (excludes halogenated alkanes) is 5. The lowest BCUT2D eigenvalue weighted by Crippen LogP contribution is -2.25. The van der Waals surface area contributed by atoms with Gasteiger partial charge in [-0.2, -0.15) is 0 Å². The van der Waals surface area contributed by atoms with Crippen LogP contribution in [-0.4, -0.2) is 39.1 Å². The number of carbonyl (C=O) groups excluding carboxylic acids is 2. The number of methoxy groups -OCH3 is 2. The van der Waals surface area contributed by atoms with Gasteiger partial charge in [0, 0.05) is 23.1 Å². The molecule has 8 heteroatoms. The van der Waals surface area contributed by atoms with Crippen LogP contribution in [0.15, 0.2) is 36.4 Å². The molecule has 6 nitrogen and oxygen atoms in total. The van der Waals surface area contributed by atoms with Crippen molar-refractivity contribution < 1.29 is 19.1 Å². The number of hydrogen-bond donors (Lipinski definition) is 2. The summed E-state index contributed by atoms with van der Waals surface area (Å²) in [4.78, 5) is 24.6. The molecule has 0 aliphatic rings. The zero-order chi connectivity index (χ0) is 23.3. The van der Waals surface area contributed by atoms with E-state index < -0.39 is 0 Å². The average Bonchev–Trinajstić information content (AvgIpc) is 2.79. The van der Waals surface area contributed by atoms with Gasteiger partial charge in [-0.25, -0.2) is 0 Å². The summed E-state index contributed by atoms with van der Waals surface area (Å²) in [5.41, 5.74) is 0.884. The van der Waals surface area contributed by atoms with Crippen molar-refractivity contribution in [1.82, 2.24) is 10.6 Å². The molecule has 2 aromatic carbocycles. The first-order valence-corrected chi connectivity index (χ1v) is 11.5. The number of ether oxygens (including phenoxy) is 2. The van der Waals surface area contributed by atoms with Crippen LogP contribution in [0.25, 0.3) is 0 Å². The van der Waals surface area contributed by atoms with Gasteiger partial charge in [-0.3, -0.25) is 9.59 Å². The lowest BCUT2D eigenvalue weighted by atomic mass is 10.1. The fourth-order valence-electron chi connectivity index (χ4n) is 3.27. The van der Waals surface area contributed by atoms with Crippen LogP contribution >= 0.6 is 23.2 Å². The average molecular weight is 481 g/mol. The Morgan fingerprint density at radius 3 is 1.44 bits per heavy atom. The van der Waals surface area contributed by atoms with Crippen molar-refractivity contribution in [3.63, 3.8) is 0 Å². The summed E-state index contributed by atoms with van der Waals surface area (Å²) in [6, 6.07) is 9.97. The maximum absolute atomic E-state index is 12.3. The van der Waals surface area contributed by atoms with Gasteiger partial charge in [0.15, 0.2) is 0 Å². The first kappa shape index (κ1) is 25.8. The molecular formula is C24H30Cl2N2O4. The first-order valence-electron chi connectivity index (χ1n) is 10.7. The summed E-state index contributed by atoms with van der Waals surface area (Å²) < 4.78 is 10.4. The number of halogens is 2. The highest BCUT2D eigenvalue weighted by molar-refractivity contribution is 6.31. The SMILES string of the molecule is COc1ccc(Cl)cc1C(=O)NCCCCCCCCNC(=O)c1cc(Cl)ccc1OC. The third-order valence-corrected chi connectivity index (χ3v) is 5.46. The molecule has 2 aromatic rings. The van der Waals surface area contributed by atoms with Crippen LogP contribution < -0.4 is 20.1 Å². The predicted octanol–water partition coefficient (Wildman–Crippen LogP) is 5.51. The van der Waals surface area contributed by atoms with Crippen LogP contribution in [0.4, 0.5) is 0 Å². The summed E-state index contributed by atoms with van der Waals surface area (Å²) in [6.07, 6.45) is 6.01. The molecule has 0 saturated carbocycles. The van der Waals surface area contributed by atoms with E-state index >= 15 is 0 Å². The van der Waals surface area contributed by atoms with Crippen LogP contribution in [-0.2, 0) is 0 Å². The van der Waals surface area contributed by atoms with Gasteiger partial charge in [0.2, 0.25) is 0 Å². The Morgan fingerprint density at radius 2 is 1.06 bits per heavy atom. The molecule has 174 valence electrons. The normalized spacial score (nSPS) is 10.5. The molecular weight excluding hydrogens is 451 g/mol. The second kappa shape index (κ2) is 13.9. The van der Waals surface area contributed by atoms with E-state index in [0.717, 1.165) is 38.5 Å². The van der Waals surface area contributed by atoms with Gasteiger partial charge in [0.25, 0.3) is 11.8 Å². The van der Waals surface area contributed by atoms with Gasteiger partial charge in [-0.05, 0) is 49.2 Å². The van der Waals surface area contributed by atoms with E-state index in [0.29, 0.717) is 45.8 Å². The molecule has 2 rings (SSSR count). The Hall–Kier alpha value is -2.44. The molecule has 2 amide bonds. The van der Waals surface area contributed by atoms with E-state index in [1.807, 2.05) is 0 Å². The highest BCUT2D eigenvalue weighted by Crippen LogP contribution is 2.23. The van der Waals surface area contributed by atoms with E-state index in [4.69, 9.17) is 32.7 Å². The Balaban J connectivity index is 1.55. The molecule has 32 heavy (non-hydrogen) atoms. The molecule has 0 aliphatic carbocycles. The van der Waals surface area contributed by atoms with Gasteiger partial charge >= 0.3 is 0 Å². The smallest absolute Gasteiger partial charge is 0.255 e. The Kier molecular flexibility index (Phi) is 11.2. The summed E-state index contributed by atoms with van der Waals surface area (Å²) in [5, 5.41) is 6.82. The number of nitrogens with one attached hydrogen (secondary N) is 2. The molecule has 0 aromatic heterocycles. The summed E-state index contributed by atoms with van der Waals surface area (Å²) >= 11 is 11.9. The predicted molar refractivity (Wildman–Crippen MR) is 128 cm³/mol. The Bertz CT molecular complexity index is 832. The van der Waals surface area contributed by atoms with Crippen molar-refractivity contribution >= 4 is 35.0 Å². The fraction of sp³-hybridized carbons (Fsp3) is 0.417. The number of amides is 2. The van der Waals surface area contributed by atoms with Crippen LogP contribution in [0.5, 0.6) is 11.5 Å². The van der Waals surface area contributed by atoms with E-state index in [1.165, 1.54) is 14.2 Å². The van der Waals surface area contributed by atoms with E-state index in [1.54, 1.807) is 36.4 Å². The highest BCUT2D eigenvalue weighted by Gasteiger charge is 2.13. The zero-order valence-corrected chi connectivity index (χ0v) is 20.0. The number of benzene rings is 2. The monoisotopic (exact) mass is 480 g/mol. The quantitative estimate of drug-likeness (QED) is 0.370. The zero-order valence-electron chi connectivity index (χ0n) is 18.5. The van der Waals surface area contributed by atoms with Crippen molar-refractivity contribution in [2.24, 2.45) is 0 Å². The van der Waals surface area contributed by atoms with Crippen molar-refractivity contribution in [3.8, 4) is 11.5 Å². The largest absolute Gasteiger partial charge is 0.496 e. The van der Waals surface area contributed by atoms with E-state index in [-0.39, 0.29) is 11.8 Å². The molecule has 0 aliphatic heterocycles. The minimum atomic E-state index is -0.184. The van der Waals surface area contributed by atoms with Gasteiger partial charge in [0.1, 0.15) is 11.5 Å². The molecule has 0 bridgehead atoms. The van der Waals surface area contributed by atoms with Crippen LogP contribution in [0, 0.1) is 0 Å². The summed E-state index contributed by atoms with van der Waals surface area (Å²) in [6.45, 7) is 1.21. The van der Waals surface area contributed by atoms with Crippen LogP contribution in [0.3, 0.4) is 0 Å². The number of rotatable bonds is 13. The number of hydrogen-bond acceptors (Lipinski definition) is 4. The van der Waals surface area contributed by atoms with Gasteiger partial charge in [0.05, 0.1) is 25.3 Å². The Labute approximate surface area is 199 Å². The molecule has 0 heterocycles. The van der Waals surface area contributed by atoms with Crippen molar-refractivity contribution in [1.29, 1.82) is 0 Å². The molecule has 0 spiro atoms. The van der Waals surface area contributed by atoms with E-state index in [9.17, 15) is 9.59 Å².